The van der Waals surface area contributed by atoms with Crippen LogP contribution in [0.5, 0.6) is 0 Å². The Bertz CT molecular complexity index is 437. The van der Waals surface area contributed by atoms with Crippen molar-refractivity contribution >= 4 is 12.0 Å². The molecule has 4 N–H and O–H groups in total. The van der Waals surface area contributed by atoms with E-state index in [1.807, 2.05) is 7.05 Å². The number of aromatic nitrogens is 1. The number of rotatable bonds is 7. The number of carboxylic acids is 1. The van der Waals surface area contributed by atoms with E-state index < -0.39 is 5.97 Å². The second-order valence-corrected chi connectivity index (χ2v) is 3.91. The molecule has 0 atom stereocenters. The van der Waals surface area contributed by atoms with Crippen LogP contribution in [0.2, 0.25) is 0 Å². The highest BCUT2D eigenvalue weighted by Gasteiger charge is 2.05. The second-order valence-electron chi connectivity index (χ2n) is 3.91. The number of aromatic carboxylic acids is 1. The summed E-state index contributed by atoms with van der Waals surface area (Å²) in [6.45, 7) is 1.61. The maximum atomic E-state index is 11.4. The molecule has 0 radical (unpaired) electrons. The average molecular weight is 266 g/mol. The smallest absolute Gasteiger partial charge is 0.335 e. The Labute approximate surface area is 111 Å². The minimum absolute atomic E-state index is 0.154. The van der Waals surface area contributed by atoms with Gasteiger partial charge in [0.15, 0.2) is 0 Å². The molecule has 0 unspecified atom stereocenters. The number of hydrogen-bond acceptors (Lipinski definition) is 4. The van der Waals surface area contributed by atoms with Gasteiger partial charge in [-0.1, -0.05) is 0 Å². The predicted molar refractivity (Wildman–Crippen MR) is 70.0 cm³/mol. The van der Waals surface area contributed by atoms with E-state index in [1.54, 1.807) is 0 Å². The van der Waals surface area contributed by atoms with Crippen LogP contribution in [0.1, 0.15) is 22.5 Å². The molecule has 0 spiro atoms. The van der Waals surface area contributed by atoms with Crippen LogP contribution in [0, 0.1) is 0 Å². The average Bonchev–Trinajstić information content (AvgIpc) is 2.41. The van der Waals surface area contributed by atoms with Gasteiger partial charge in [-0.05, 0) is 32.1 Å². The van der Waals surface area contributed by atoms with Crippen LogP contribution in [0.25, 0.3) is 0 Å². The molecule has 0 aliphatic heterocycles. The van der Waals surface area contributed by atoms with Gasteiger partial charge in [-0.25, -0.2) is 9.59 Å². The molecule has 2 amide bonds. The Kier molecular flexibility index (Phi) is 6.31. The summed E-state index contributed by atoms with van der Waals surface area (Å²) in [4.78, 5) is 26.2. The summed E-state index contributed by atoms with van der Waals surface area (Å²) >= 11 is 0. The van der Waals surface area contributed by atoms with Gasteiger partial charge >= 0.3 is 12.0 Å². The van der Waals surface area contributed by atoms with Crippen LogP contribution in [0.15, 0.2) is 18.3 Å². The molecule has 1 aromatic heterocycles. The summed E-state index contributed by atoms with van der Waals surface area (Å²) in [7, 11) is 1.85. The van der Waals surface area contributed by atoms with Crippen molar-refractivity contribution in [1.29, 1.82) is 0 Å². The lowest BCUT2D eigenvalue weighted by Gasteiger charge is -2.07. The number of pyridine rings is 1. The largest absolute Gasteiger partial charge is 0.478 e. The predicted octanol–water partition coefficient (Wildman–Crippen LogP) is 0.189. The van der Waals surface area contributed by atoms with E-state index in [1.165, 1.54) is 18.3 Å². The normalized spacial score (nSPS) is 9.95. The molecule has 0 bridgehead atoms. The summed E-state index contributed by atoms with van der Waals surface area (Å²) in [5.41, 5.74) is 0.659. The van der Waals surface area contributed by atoms with Gasteiger partial charge in [-0.15, -0.1) is 0 Å². The van der Waals surface area contributed by atoms with Crippen molar-refractivity contribution < 1.29 is 14.7 Å². The maximum Gasteiger partial charge on any atom is 0.335 e. The van der Waals surface area contributed by atoms with Crippen molar-refractivity contribution in [3.05, 3.63) is 29.6 Å². The topological polar surface area (TPSA) is 103 Å². The minimum Gasteiger partial charge on any atom is -0.478 e. The number of amides is 2. The van der Waals surface area contributed by atoms with Crippen molar-refractivity contribution in [3.63, 3.8) is 0 Å². The number of carboxylic acid groups (broad SMARTS) is 1. The first-order chi connectivity index (χ1) is 9.13. The number of nitrogens with zero attached hydrogens (tertiary/aromatic N) is 1. The number of carbonyl (C=O) groups is 2. The van der Waals surface area contributed by atoms with Crippen LogP contribution in [0.3, 0.4) is 0 Å². The fourth-order valence-corrected chi connectivity index (χ4v) is 1.41. The van der Waals surface area contributed by atoms with Gasteiger partial charge in [0.1, 0.15) is 0 Å². The highest BCUT2D eigenvalue weighted by molar-refractivity contribution is 5.87. The van der Waals surface area contributed by atoms with Crippen LogP contribution >= 0.6 is 0 Å². The number of carbonyl (C=O) groups excluding carboxylic acids is 1. The van der Waals surface area contributed by atoms with Crippen LogP contribution < -0.4 is 16.0 Å². The fraction of sp³-hybridized carbons (Fsp3) is 0.417. The highest BCUT2D eigenvalue weighted by Crippen LogP contribution is 2.01. The molecule has 0 aromatic carbocycles. The zero-order chi connectivity index (χ0) is 14.1. The van der Waals surface area contributed by atoms with Crippen LogP contribution in [0.4, 0.5) is 4.79 Å². The van der Waals surface area contributed by atoms with E-state index in [-0.39, 0.29) is 18.1 Å². The fourth-order valence-electron chi connectivity index (χ4n) is 1.41. The van der Waals surface area contributed by atoms with Crippen molar-refractivity contribution in [3.8, 4) is 0 Å². The molecule has 0 saturated carbocycles. The third-order valence-electron chi connectivity index (χ3n) is 2.38. The van der Waals surface area contributed by atoms with Crippen LogP contribution in [-0.4, -0.2) is 42.2 Å². The molecule has 19 heavy (non-hydrogen) atoms. The standard InChI is InChI=1S/C12H18N4O3/c1-13-4-2-5-15-12(19)16-8-10-7-9(11(17)18)3-6-14-10/h3,6-7,13H,2,4-5,8H2,1H3,(H,17,18)(H2,15,16,19). The van der Waals surface area contributed by atoms with Crippen molar-refractivity contribution in [1.82, 2.24) is 20.9 Å². The van der Waals surface area contributed by atoms with Gasteiger partial charge < -0.3 is 21.1 Å². The summed E-state index contributed by atoms with van der Waals surface area (Å²) in [6, 6.07) is 2.55. The highest BCUT2D eigenvalue weighted by atomic mass is 16.4. The first kappa shape index (κ1) is 14.9. The maximum absolute atomic E-state index is 11.4. The first-order valence-corrected chi connectivity index (χ1v) is 5.98. The van der Waals surface area contributed by atoms with Gasteiger partial charge in [0.25, 0.3) is 0 Å². The number of urea groups is 1. The molecule has 7 nitrogen and oxygen atoms in total. The summed E-state index contributed by atoms with van der Waals surface area (Å²) in [6.07, 6.45) is 2.25. The molecule has 7 heteroatoms. The Hall–Kier alpha value is -2.15. The molecule has 104 valence electrons. The Balaban J connectivity index is 2.33. The summed E-state index contributed by atoms with van der Waals surface area (Å²) in [5.74, 6) is -1.01. The lowest BCUT2D eigenvalue weighted by Crippen LogP contribution is -2.36. The Morgan fingerprint density at radius 1 is 1.32 bits per heavy atom. The molecule has 1 rings (SSSR count). The third kappa shape index (κ3) is 5.82. The van der Waals surface area contributed by atoms with E-state index in [0.717, 1.165) is 13.0 Å². The number of nitrogens with one attached hydrogen (secondary N) is 3. The van der Waals surface area contributed by atoms with E-state index in [9.17, 15) is 9.59 Å². The monoisotopic (exact) mass is 266 g/mol. The molecule has 1 heterocycles. The van der Waals surface area contributed by atoms with Crippen molar-refractivity contribution in [2.45, 2.75) is 13.0 Å². The zero-order valence-corrected chi connectivity index (χ0v) is 10.8. The number of hydrogen-bond donors (Lipinski definition) is 4. The van der Waals surface area contributed by atoms with E-state index in [4.69, 9.17) is 5.11 Å². The quantitative estimate of drug-likeness (QED) is 0.527. The van der Waals surface area contributed by atoms with Gasteiger partial charge in [-0.3, -0.25) is 4.98 Å². The SMILES string of the molecule is CNCCCNC(=O)NCc1cc(C(=O)O)ccn1. The molecule has 0 aliphatic rings. The second kappa shape index (κ2) is 8.04. The lowest BCUT2D eigenvalue weighted by molar-refractivity contribution is 0.0696. The molecular weight excluding hydrogens is 248 g/mol. The van der Waals surface area contributed by atoms with Crippen molar-refractivity contribution in [2.24, 2.45) is 0 Å². The molecular formula is C12H18N4O3. The molecule has 1 aromatic rings. The summed E-state index contributed by atoms with van der Waals surface area (Å²) < 4.78 is 0. The van der Waals surface area contributed by atoms with Gasteiger partial charge in [0, 0.05) is 12.7 Å². The summed E-state index contributed by atoms with van der Waals surface area (Å²) in [5, 5.41) is 17.1. The van der Waals surface area contributed by atoms with Crippen molar-refractivity contribution in [2.75, 3.05) is 20.1 Å². The molecule has 0 saturated heterocycles. The van der Waals surface area contributed by atoms with E-state index >= 15 is 0 Å². The Morgan fingerprint density at radius 2 is 2.11 bits per heavy atom. The molecule has 0 aliphatic carbocycles. The molecule has 0 fully saturated rings. The zero-order valence-electron chi connectivity index (χ0n) is 10.8. The van der Waals surface area contributed by atoms with Gasteiger partial charge in [0.2, 0.25) is 0 Å². The van der Waals surface area contributed by atoms with Crippen LogP contribution in [-0.2, 0) is 6.54 Å². The first-order valence-electron chi connectivity index (χ1n) is 5.98. The minimum atomic E-state index is -1.01. The van der Waals surface area contributed by atoms with E-state index in [2.05, 4.69) is 20.9 Å². The Morgan fingerprint density at radius 3 is 2.79 bits per heavy atom. The third-order valence-corrected chi connectivity index (χ3v) is 2.38. The lowest BCUT2D eigenvalue weighted by atomic mass is 10.2. The van der Waals surface area contributed by atoms with E-state index in [0.29, 0.717) is 12.2 Å². The van der Waals surface area contributed by atoms with Gasteiger partial charge in [0.05, 0.1) is 17.8 Å². The van der Waals surface area contributed by atoms with Gasteiger partial charge in [-0.2, -0.15) is 0 Å².